The first-order valence-corrected chi connectivity index (χ1v) is 8.20. The van der Waals surface area contributed by atoms with Gasteiger partial charge in [-0.3, -0.25) is 0 Å². The first kappa shape index (κ1) is 12.6. The van der Waals surface area contributed by atoms with Gasteiger partial charge in [-0.25, -0.2) is 17.7 Å². The molecular weight excluding hydrogens is 262 g/mol. The Labute approximate surface area is 112 Å². The van der Waals surface area contributed by atoms with Gasteiger partial charge in [0.2, 0.25) is 10.0 Å². The van der Waals surface area contributed by atoms with Gasteiger partial charge in [-0.2, -0.15) is 0 Å². The van der Waals surface area contributed by atoms with Gasteiger partial charge in [0.05, 0.1) is 23.3 Å². The van der Waals surface area contributed by atoms with Gasteiger partial charge in [-0.1, -0.05) is 12.1 Å². The highest BCUT2D eigenvalue weighted by Gasteiger charge is 2.31. The molecule has 0 amide bonds. The number of aromatic nitrogens is 2. The molecule has 1 saturated heterocycles. The van der Waals surface area contributed by atoms with Crippen molar-refractivity contribution in [3.8, 4) is 0 Å². The molecule has 6 heteroatoms. The summed E-state index contributed by atoms with van der Waals surface area (Å²) >= 11 is 0. The molecule has 19 heavy (non-hydrogen) atoms. The van der Waals surface area contributed by atoms with Crippen LogP contribution in [0.2, 0.25) is 0 Å². The van der Waals surface area contributed by atoms with E-state index in [-0.39, 0.29) is 6.04 Å². The van der Waals surface area contributed by atoms with Crippen molar-refractivity contribution in [2.45, 2.75) is 19.4 Å². The Morgan fingerprint density at radius 2 is 2.05 bits per heavy atom. The first-order valence-electron chi connectivity index (χ1n) is 6.35. The molecule has 5 nitrogen and oxygen atoms in total. The predicted molar refractivity (Wildman–Crippen MR) is 74.5 cm³/mol. The summed E-state index contributed by atoms with van der Waals surface area (Å²) in [7, 11) is -3.09. The van der Waals surface area contributed by atoms with Gasteiger partial charge in [-0.05, 0) is 25.5 Å². The van der Waals surface area contributed by atoms with Gasteiger partial charge in [0, 0.05) is 13.1 Å². The zero-order valence-corrected chi connectivity index (χ0v) is 11.9. The number of sulfonamides is 1. The number of nitrogens with zero attached hydrogens (tertiary/aromatic N) is 3. The Kier molecular flexibility index (Phi) is 2.87. The van der Waals surface area contributed by atoms with Crippen LogP contribution in [-0.4, -0.2) is 41.6 Å². The summed E-state index contributed by atoms with van der Waals surface area (Å²) in [4.78, 5) is 4.54. The molecule has 1 aliphatic heterocycles. The number of aryl methyl sites for hydroxylation is 1. The summed E-state index contributed by atoms with van der Waals surface area (Å²) in [6, 6.07) is 8.17. The lowest BCUT2D eigenvalue weighted by Crippen LogP contribution is -2.28. The highest BCUT2D eigenvalue weighted by atomic mass is 32.2. The molecule has 1 aromatic heterocycles. The SMILES string of the molecule is Cc1nc2ccccc2n1C1CCN(S(C)(=O)=O)C1. The Morgan fingerprint density at radius 3 is 2.74 bits per heavy atom. The molecule has 1 aromatic carbocycles. The van der Waals surface area contributed by atoms with E-state index in [1.54, 1.807) is 4.31 Å². The third-order valence-corrected chi connectivity index (χ3v) is 5.00. The van der Waals surface area contributed by atoms with Crippen LogP contribution >= 0.6 is 0 Å². The molecular formula is C13H17N3O2S. The average Bonchev–Trinajstić information content (AvgIpc) is 2.90. The summed E-state index contributed by atoms with van der Waals surface area (Å²) in [6.07, 6.45) is 2.11. The summed E-state index contributed by atoms with van der Waals surface area (Å²) in [5.41, 5.74) is 2.05. The smallest absolute Gasteiger partial charge is 0.211 e. The number of rotatable bonds is 2. The maximum absolute atomic E-state index is 11.6. The predicted octanol–water partition coefficient (Wildman–Crippen LogP) is 1.55. The molecule has 3 rings (SSSR count). The average molecular weight is 279 g/mol. The summed E-state index contributed by atoms with van der Waals surface area (Å²) < 4.78 is 26.9. The normalized spacial score (nSPS) is 21.3. The molecule has 1 unspecified atom stereocenters. The lowest BCUT2D eigenvalue weighted by atomic mass is 10.2. The van der Waals surface area contributed by atoms with Crippen molar-refractivity contribution in [3.05, 3.63) is 30.1 Å². The van der Waals surface area contributed by atoms with Crippen LogP contribution in [0.3, 0.4) is 0 Å². The van der Waals surface area contributed by atoms with E-state index in [1.165, 1.54) is 6.26 Å². The fourth-order valence-electron chi connectivity index (χ4n) is 2.85. The van der Waals surface area contributed by atoms with Gasteiger partial charge >= 0.3 is 0 Å². The van der Waals surface area contributed by atoms with E-state index in [4.69, 9.17) is 0 Å². The molecule has 102 valence electrons. The van der Waals surface area contributed by atoms with Crippen molar-refractivity contribution in [2.24, 2.45) is 0 Å². The summed E-state index contributed by atoms with van der Waals surface area (Å²) in [5.74, 6) is 0.946. The topological polar surface area (TPSA) is 55.2 Å². The number of benzene rings is 1. The molecule has 1 atom stereocenters. The molecule has 2 aromatic rings. The second-order valence-electron chi connectivity index (χ2n) is 5.08. The van der Waals surface area contributed by atoms with Crippen LogP contribution in [0.25, 0.3) is 11.0 Å². The van der Waals surface area contributed by atoms with Crippen LogP contribution < -0.4 is 0 Å². The van der Waals surface area contributed by atoms with Crippen LogP contribution in [0, 0.1) is 6.92 Å². The van der Waals surface area contributed by atoms with Crippen molar-refractivity contribution >= 4 is 21.1 Å². The van der Waals surface area contributed by atoms with Crippen molar-refractivity contribution in [1.29, 1.82) is 0 Å². The second-order valence-corrected chi connectivity index (χ2v) is 7.06. The Bertz CT molecular complexity index is 721. The first-order chi connectivity index (χ1) is 8.97. The van der Waals surface area contributed by atoms with Gasteiger partial charge in [-0.15, -0.1) is 0 Å². The number of hydrogen-bond donors (Lipinski definition) is 0. The maximum atomic E-state index is 11.6. The highest BCUT2D eigenvalue weighted by molar-refractivity contribution is 7.88. The molecule has 0 bridgehead atoms. The minimum atomic E-state index is -3.09. The monoisotopic (exact) mass is 279 g/mol. The third kappa shape index (κ3) is 2.15. The zero-order chi connectivity index (χ0) is 13.6. The molecule has 0 radical (unpaired) electrons. The lowest BCUT2D eigenvalue weighted by Gasteiger charge is -2.16. The number of para-hydroxylation sites is 2. The van der Waals surface area contributed by atoms with E-state index < -0.39 is 10.0 Å². The van der Waals surface area contributed by atoms with Gasteiger partial charge in [0.25, 0.3) is 0 Å². The third-order valence-electron chi connectivity index (χ3n) is 3.73. The Balaban J connectivity index is 2.00. The van der Waals surface area contributed by atoms with E-state index in [1.807, 2.05) is 31.2 Å². The largest absolute Gasteiger partial charge is 0.324 e. The van der Waals surface area contributed by atoms with Gasteiger partial charge in [0.15, 0.2) is 0 Å². The van der Waals surface area contributed by atoms with Crippen LogP contribution in [0.4, 0.5) is 0 Å². The molecule has 0 spiro atoms. The van der Waals surface area contributed by atoms with Crippen LogP contribution in [-0.2, 0) is 10.0 Å². The van der Waals surface area contributed by atoms with Crippen LogP contribution in [0.1, 0.15) is 18.3 Å². The van der Waals surface area contributed by atoms with Crippen molar-refractivity contribution < 1.29 is 8.42 Å². The molecule has 0 saturated carbocycles. The van der Waals surface area contributed by atoms with Gasteiger partial charge in [0.1, 0.15) is 5.82 Å². The van der Waals surface area contributed by atoms with Crippen molar-refractivity contribution in [3.63, 3.8) is 0 Å². The van der Waals surface area contributed by atoms with Crippen molar-refractivity contribution in [2.75, 3.05) is 19.3 Å². The molecule has 0 N–H and O–H groups in total. The van der Waals surface area contributed by atoms with E-state index in [2.05, 4.69) is 9.55 Å². The lowest BCUT2D eigenvalue weighted by molar-refractivity contribution is 0.456. The van der Waals surface area contributed by atoms with Gasteiger partial charge < -0.3 is 4.57 Å². The fraction of sp³-hybridized carbons (Fsp3) is 0.462. The zero-order valence-electron chi connectivity index (χ0n) is 11.1. The number of imidazole rings is 1. The van der Waals surface area contributed by atoms with E-state index in [9.17, 15) is 8.42 Å². The standard InChI is InChI=1S/C13H17N3O2S/c1-10-14-12-5-3-4-6-13(12)16(10)11-7-8-15(9-11)19(2,17)18/h3-6,11H,7-9H2,1-2H3. The number of hydrogen-bond acceptors (Lipinski definition) is 3. The van der Waals surface area contributed by atoms with E-state index >= 15 is 0 Å². The highest BCUT2D eigenvalue weighted by Crippen LogP contribution is 2.28. The Morgan fingerprint density at radius 1 is 1.32 bits per heavy atom. The quantitative estimate of drug-likeness (QED) is 0.838. The Hall–Kier alpha value is -1.40. The fourth-order valence-corrected chi connectivity index (χ4v) is 3.73. The molecule has 2 heterocycles. The molecule has 0 aliphatic carbocycles. The van der Waals surface area contributed by atoms with Crippen LogP contribution in [0.15, 0.2) is 24.3 Å². The number of fused-ring (bicyclic) bond motifs is 1. The van der Waals surface area contributed by atoms with Crippen LogP contribution in [0.5, 0.6) is 0 Å². The molecule has 1 fully saturated rings. The van der Waals surface area contributed by atoms with E-state index in [0.717, 1.165) is 23.3 Å². The molecule has 1 aliphatic rings. The minimum absolute atomic E-state index is 0.183. The summed E-state index contributed by atoms with van der Waals surface area (Å²) in [6.45, 7) is 3.11. The maximum Gasteiger partial charge on any atom is 0.211 e. The summed E-state index contributed by atoms with van der Waals surface area (Å²) in [5, 5.41) is 0. The second kappa shape index (κ2) is 4.31. The minimum Gasteiger partial charge on any atom is -0.324 e. The van der Waals surface area contributed by atoms with E-state index in [0.29, 0.717) is 13.1 Å². The van der Waals surface area contributed by atoms with Crippen molar-refractivity contribution in [1.82, 2.24) is 13.9 Å².